The highest BCUT2D eigenvalue weighted by Gasteiger charge is 2.16. The molecule has 2 aromatic carbocycles. The van der Waals surface area contributed by atoms with Crippen molar-refractivity contribution in [2.24, 2.45) is 5.73 Å². The molecule has 0 unspecified atom stereocenters. The first-order valence-corrected chi connectivity index (χ1v) is 7.26. The molecule has 0 bridgehead atoms. The average Bonchev–Trinajstić information content (AvgIpc) is 2.82. The van der Waals surface area contributed by atoms with Crippen LogP contribution in [0.15, 0.2) is 36.4 Å². The Kier molecular flexibility index (Phi) is 4.16. The number of fused-ring (bicyclic) bond motifs is 1. The first kappa shape index (κ1) is 15.9. The molecule has 0 aliphatic rings. The average molecular weight is 331 g/mol. The van der Waals surface area contributed by atoms with Gasteiger partial charge in [-0.3, -0.25) is 4.79 Å². The molecule has 0 saturated carbocycles. The number of hydrogen-bond donors (Lipinski definition) is 1. The molecule has 3 aromatic rings. The molecule has 124 valence electrons. The number of nitrogens with zero attached hydrogens (tertiary/aromatic N) is 2. The van der Waals surface area contributed by atoms with E-state index in [1.807, 2.05) is 25.1 Å². The van der Waals surface area contributed by atoms with E-state index in [9.17, 15) is 13.6 Å². The topological polar surface area (TPSA) is 70.1 Å². The number of imidazole rings is 1. The maximum Gasteiger partial charge on any atom is 0.237 e. The molecule has 0 aliphatic carbocycles. The Hall–Kier alpha value is -2.96. The molecule has 0 saturated heterocycles. The van der Waals surface area contributed by atoms with Gasteiger partial charge in [-0.15, -0.1) is 0 Å². The Morgan fingerprint density at radius 3 is 2.71 bits per heavy atom. The molecule has 1 amide bonds. The Morgan fingerprint density at radius 2 is 2.00 bits per heavy atom. The van der Waals surface area contributed by atoms with Crippen molar-refractivity contribution in [3.63, 3.8) is 0 Å². The molecule has 5 nitrogen and oxygen atoms in total. The summed E-state index contributed by atoms with van der Waals surface area (Å²) in [5, 5.41) is 0. The molecule has 0 aliphatic heterocycles. The van der Waals surface area contributed by atoms with Crippen LogP contribution in [0.3, 0.4) is 0 Å². The zero-order valence-corrected chi connectivity index (χ0v) is 12.9. The molecule has 2 N–H and O–H groups in total. The lowest BCUT2D eigenvalue weighted by atomic mass is 10.2. The summed E-state index contributed by atoms with van der Waals surface area (Å²) in [6, 6.07) is 9.39. The molecule has 0 fully saturated rings. The Morgan fingerprint density at radius 1 is 1.25 bits per heavy atom. The number of amides is 1. The van der Waals surface area contributed by atoms with Gasteiger partial charge in [-0.2, -0.15) is 0 Å². The minimum atomic E-state index is -1.01. The molecule has 7 heteroatoms. The van der Waals surface area contributed by atoms with E-state index >= 15 is 0 Å². The largest absolute Gasteiger partial charge is 0.486 e. The predicted octanol–water partition coefficient (Wildman–Crippen LogP) is 2.69. The number of aromatic nitrogens is 2. The van der Waals surface area contributed by atoms with E-state index in [1.165, 1.54) is 4.57 Å². The van der Waals surface area contributed by atoms with Crippen LogP contribution in [0, 0.1) is 18.6 Å². The summed E-state index contributed by atoms with van der Waals surface area (Å²) in [4.78, 5) is 15.5. The summed E-state index contributed by atoms with van der Waals surface area (Å²) in [6.45, 7) is 1.77. The highest BCUT2D eigenvalue weighted by molar-refractivity contribution is 5.80. The summed E-state index contributed by atoms with van der Waals surface area (Å²) in [5.74, 6) is -1.65. The number of carbonyl (C=O) groups is 1. The maximum atomic E-state index is 13.5. The quantitative estimate of drug-likeness (QED) is 0.781. The van der Waals surface area contributed by atoms with Crippen LogP contribution in [0.1, 0.15) is 11.4 Å². The van der Waals surface area contributed by atoms with Crippen molar-refractivity contribution in [3.05, 3.63) is 59.4 Å². The summed E-state index contributed by atoms with van der Waals surface area (Å²) < 4.78 is 34.0. The van der Waals surface area contributed by atoms with Crippen LogP contribution in [0.5, 0.6) is 5.75 Å². The Balaban J connectivity index is 1.97. The molecule has 24 heavy (non-hydrogen) atoms. The van der Waals surface area contributed by atoms with Crippen molar-refractivity contribution in [2.45, 2.75) is 20.1 Å². The van der Waals surface area contributed by atoms with Crippen molar-refractivity contribution >= 4 is 16.9 Å². The van der Waals surface area contributed by atoms with Crippen LogP contribution < -0.4 is 10.5 Å². The van der Waals surface area contributed by atoms with Crippen LogP contribution in [-0.4, -0.2) is 15.5 Å². The fraction of sp³-hybridized carbons (Fsp3) is 0.176. The van der Waals surface area contributed by atoms with Gasteiger partial charge in [-0.25, -0.2) is 13.8 Å². The number of benzene rings is 2. The van der Waals surface area contributed by atoms with E-state index in [1.54, 1.807) is 6.07 Å². The first-order valence-electron chi connectivity index (χ1n) is 7.26. The van der Waals surface area contributed by atoms with Gasteiger partial charge < -0.3 is 15.0 Å². The summed E-state index contributed by atoms with van der Waals surface area (Å²) in [5.41, 5.74) is 6.79. The number of hydrogen-bond acceptors (Lipinski definition) is 3. The highest BCUT2D eigenvalue weighted by Crippen LogP contribution is 2.21. The zero-order chi connectivity index (χ0) is 17.3. The molecular formula is C17H15F2N3O2. The number of ether oxygens (including phenoxy) is 1. The summed E-state index contributed by atoms with van der Waals surface area (Å²) >= 11 is 0. The predicted molar refractivity (Wildman–Crippen MR) is 84.4 cm³/mol. The van der Waals surface area contributed by atoms with Crippen LogP contribution >= 0.6 is 0 Å². The van der Waals surface area contributed by atoms with Crippen LogP contribution in [-0.2, 0) is 17.9 Å². The van der Waals surface area contributed by atoms with Gasteiger partial charge in [-0.05, 0) is 24.6 Å². The monoisotopic (exact) mass is 331 g/mol. The van der Waals surface area contributed by atoms with E-state index in [0.717, 1.165) is 17.7 Å². The second-order valence-corrected chi connectivity index (χ2v) is 5.44. The number of primary amides is 1. The van der Waals surface area contributed by atoms with Gasteiger partial charge >= 0.3 is 0 Å². The fourth-order valence-electron chi connectivity index (χ4n) is 2.47. The van der Waals surface area contributed by atoms with Crippen molar-refractivity contribution in [1.29, 1.82) is 0 Å². The molecule has 0 radical (unpaired) electrons. The molecule has 0 atom stereocenters. The van der Waals surface area contributed by atoms with Crippen molar-refractivity contribution < 1.29 is 18.3 Å². The second kappa shape index (κ2) is 6.27. The lowest BCUT2D eigenvalue weighted by molar-refractivity contribution is -0.118. The molecular weight excluding hydrogens is 316 g/mol. The zero-order valence-electron chi connectivity index (χ0n) is 12.9. The van der Waals surface area contributed by atoms with E-state index in [-0.39, 0.29) is 24.2 Å². The minimum Gasteiger partial charge on any atom is -0.486 e. The van der Waals surface area contributed by atoms with E-state index < -0.39 is 17.5 Å². The van der Waals surface area contributed by atoms with Crippen LogP contribution in [0.4, 0.5) is 8.78 Å². The third-order valence-electron chi connectivity index (χ3n) is 3.54. The minimum absolute atomic E-state index is 0.0364. The normalized spacial score (nSPS) is 11.0. The molecule has 3 rings (SSSR count). The number of aryl methyl sites for hydroxylation is 1. The molecule has 1 aromatic heterocycles. The standard InChI is InChI=1S/C17H15F2N3O2/c1-10-3-2-4-11(5-10)24-9-17-21-14-6-12(18)13(19)7-15(14)22(17)8-16(20)23/h2-7H,8-9H2,1H3,(H2,20,23). The summed E-state index contributed by atoms with van der Waals surface area (Å²) in [6.07, 6.45) is 0. The lowest BCUT2D eigenvalue weighted by Crippen LogP contribution is -2.20. The van der Waals surface area contributed by atoms with Gasteiger partial charge in [0.1, 0.15) is 24.7 Å². The van der Waals surface area contributed by atoms with Gasteiger partial charge in [0.2, 0.25) is 5.91 Å². The smallest absolute Gasteiger partial charge is 0.237 e. The Labute approximate surface area is 136 Å². The number of carbonyl (C=O) groups excluding carboxylic acids is 1. The third-order valence-corrected chi connectivity index (χ3v) is 3.54. The van der Waals surface area contributed by atoms with E-state index in [0.29, 0.717) is 11.6 Å². The SMILES string of the molecule is Cc1cccc(OCc2nc3cc(F)c(F)cc3n2CC(N)=O)c1. The first-order chi connectivity index (χ1) is 11.4. The molecule has 0 spiro atoms. The number of rotatable bonds is 5. The van der Waals surface area contributed by atoms with E-state index in [2.05, 4.69) is 4.98 Å². The van der Waals surface area contributed by atoms with Gasteiger partial charge in [0.15, 0.2) is 11.6 Å². The Bertz CT molecular complexity index is 922. The second-order valence-electron chi connectivity index (χ2n) is 5.44. The number of halogens is 2. The third kappa shape index (κ3) is 3.19. The van der Waals surface area contributed by atoms with Crippen LogP contribution in [0.2, 0.25) is 0 Å². The van der Waals surface area contributed by atoms with Gasteiger partial charge in [-0.1, -0.05) is 12.1 Å². The summed E-state index contributed by atoms with van der Waals surface area (Å²) in [7, 11) is 0. The van der Waals surface area contributed by atoms with Gasteiger partial charge in [0, 0.05) is 12.1 Å². The molecule has 1 heterocycles. The van der Waals surface area contributed by atoms with E-state index in [4.69, 9.17) is 10.5 Å². The number of nitrogens with two attached hydrogens (primary N) is 1. The van der Waals surface area contributed by atoms with Crippen molar-refractivity contribution in [2.75, 3.05) is 0 Å². The van der Waals surface area contributed by atoms with Crippen LogP contribution in [0.25, 0.3) is 11.0 Å². The van der Waals surface area contributed by atoms with Gasteiger partial charge in [0.05, 0.1) is 11.0 Å². The van der Waals surface area contributed by atoms with Gasteiger partial charge in [0.25, 0.3) is 0 Å². The van der Waals surface area contributed by atoms with Crippen molar-refractivity contribution in [3.8, 4) is 5.75 Å². The lowest BCUT2D eigenvalue weighted by Gasteiger charge is -2.09. The van der Waals surface area contributed by atoms with Crippen molar-refractivity contribution in [1.82, 2.24) is 9.55 Å². The highest BCUT2D eigenvalue weighted by atomic mass is 19.2. The maximum absolute atomic E-state index is 13.5. The fourth-order valence-corrected chi connectivity index (χ4v) is 2.47.